The van der Waals surface area contributed by atoms with Crippen LogP contribution in [-0.4, -0.2) is 33.6 Å². The predicted molar refractivity (Wildman–Crippen MR) is 529 cm³/mol. The van der Waals surface area contributed by atoms with E-state index in [4.69, 9.17) is 53.7 Å². The molecule has 0 aliphatic heterocycles. The first-order valence-electron chi connectivity index (χ1n) is 39.7. The van der Waals surface area contributed by atoms with E-state index in [9.17, 15) is 10.0 Å². The number of hydrogen-bond donors (Lipinski definition) is 2. The molecule has 9 nitrogen and oxygen atoms in total. The molecule has 0 saturated heterocycles. The molecule has 0 aliphatic carbocycles. The molecule has 20 rings (SSSR count). The summed E-state index contributed by atoms with van der Waals surface area (Å²) in [6, 6.07) is 163. The van der Waals surface area contributed by atoms with E-state index < -0.39 is 38.8 Å². The van der Waals surface area contributed by atoms with Gasteiger partial charge in [0.2, 0.25) is 0 Å². The third kappa shape index (κ3) is 29.4. The molecule has 4 heterocycles. The van der Waals surface area contributed by atoms with Crippen LogP contribution in [0, 0.1) is 0 Å². The Balaban J connectivity index is 0.000000168. The Bertz CT molecular complexity index is 5690. The monoisotopic (exact) mass is 1930 g/mol. The fraction of sp³-hybridized carbons (Fsp3) is 0. The third-order valence-electron chi connectivity index (χ3n) is 19.0. The summed E-state index contributed by atoms with van der Waals surface area (Å²) in [6.45, 7) is -0.181. The Kier molecular flexibility index (Phi) is 43.3. The van der Waals surface area contributed by atoms with Gasteiger partial charge in [0.25, 0.3) is 6.47 Å². The molecule has 20 heteroatoms. The maximum Gasteiger partial charge on any atom is 1.00 e. The van der Waals surface area contributed by atoms with Gasteiger partial charge >= 0.3 is 110 Å². The summed E-state index contributed by atoms with van der Waals surface area (Å²) in [4.78, 5) is 19.4. The Labute approximate surface area is 862 Å². The van der Waals surface area contributed by atoms with Crippen molar-refractivity contribution in [1.82, 2.24) is 9.97 Å². The number of rotatable bonds is 15. The molecule has 0 atom stereocenters. The Morgan fingerprint density at radius 3 is 0.772 bits per heavy atom. The molecule has 0 bridgehead atoms. The fourth-order valence-corrected chi connectivity index (χ4v) is 23.3. The summed E-state index contributed by atoms with van der Waals surface area (Å²) in [5.41, 5.74) is 5.21. The molecule has 0 fully saturated rings. The van der Waals surface area contributed by atoms with Gasteiger partial charge in [-0.1, -0.05) is 466 Å². The number of carbonyl (C=O) groups excluding carboxylic acids is 1. The zero-order chi connectivity index (χ0) is 85.7. The SMILES string of the molecule is Clc1ccnc(-c2cccc3c2oc2ccccc23)c1.Clc1ccnc(Cl)c1.O=CO[O-].OB(O)c1cccc2c1oc1ccccc12.[H-].[K+].[K+].[Pd].c1ccc(P(c2ccccc2)c2ccccc2)cc1.c1ccc(P(c2ccccc2)c2ccccc2)cc1.c1ccc(P(c2ccccc2)c2ccccc2)cc1.c1ccc(P(c2ccccc2)c2ccccc2)cc1. The van der Waals surface area contributed by atoms with E-state index in [0.29, 0.717) is 26.2 Å². The van der Waals surface area contributed by atoms with Crippen molar-refractivity contribution in [1.29, 1.82) is 0 Å². The van der Waals surface area contributed by atoms with Gasteiger partial charge in [0, 0.05) is 75.4 Å². The molecular formula is C107H84BCl3K2N2O7P4Pd. The van der Waals surface area contributed by atoms with Crippen molar-refractivity contribution in [3.63, 3.8) is 0 Å². The van der Waals surface area contributed by atoms with Crippen LogP contribution in [0.2, 0.25) is 15.2 Å². The predicted octanol–water partition coefficient (Wildman–Crippen LogP) is 15.3. The van der Waals surface area contributed by atoms with Gasteiger partial charge in [-0.2, -0.15) is 0 Å². The van der Waals surface area contributed by atoms with Crippen molar-refractivity contribution in [2.24, 2.45) is 0 Å². The second-order valence-corrected chi connectivity index (χ2v) is 37.3. The number of hydrogen-bond acceptors (Lipinski definition) is 9. The molecule has 0 saturated carbocycles. The number of halogens is 3. The minimum atomic E-state index is -1.51. The van der Waals surface area contributed by atoms with Gasteiger partial charge in [-0.25, -0.2) is 4.98 Å². The van der Waals surface area contributed by atoms with Gasteiger partial charge in [-0.3, -0.25) is 9.78 Å². The van der Waals surface area contributed by atoms with Crippen LogP contribution in [0.5, 0.6) is 0 Å². The second-order valence-electron chi connectivity index (χ2n) is 27.2. The zero-order valence-corrected chi connectivity index (χ0v) is 83.1. The molecule has 620 valence electrons. The second kappa shape index (κ2) is 54.8. The largest absolute Gasteiger partial charge is 1.00 e. The molecule has 0 aliphatic rings. The Hall–Kier alpha value is -8.64. The number of carbonyl (C=O) groups is 1. The van der Waals surface area contributed by atoms with Crippen LogP contribution < -0.4 is 177 Å². The number of para-hydroxylation sites is 4. The molecule has 0 spiro atoms. The molecule has 4 aromatic heterocycles. The normalized spacial score (nSPS) is 10.3. The molecule has 0 unspecified atom stereocenters. The first kappa shape index (κ1) is 101. The average molecular weight is 1940 g/mol. The van der Waals surface area contributed by atoms with Crippen molar-refractivity contribution in [2.45, 2.75) is 0 Å². The van der Waals surface area contributed by atoms with E-state index >= 15 is 0 Å². The minimum Gasteiger partial charge on any atom is -1.00 e. The van der Waals surface area contributed by atoms with Crippen LogP contribution in [0.3, 0.4) is 0 Å². The van der Waals surface area contributed by atoms with Gasteiger partial charge in [-0.15, -0.1) is 0 Å². The smallest absolute Gasteiger partial charge is 1.00 e. The quantitative estimate of drug-likeness (QED) is 0.0256. The standard InChI is InChI=1S/4C18H15P.C17H10ClNO.C12H9BO3.C5H3Cl2N.CH2O3.2K.Pd.H/c4*1-4-10-16(11-5-1)19(17-12-6-2-7-13-17)18-14-8-3-9-15-18;18-11-8-9-19-15(10-11)14-6-3-5-13-12-4-1-2-7-16(12)20-17(13)14;14-13(15)10-6-3-5-9-8-4-1-2-7-11(8)16-12(9)10;6-4-1-2-8-5(7)3-4;2-1-4-3;;;;/h4*1-15H;1-10H;1-7,14-15H;1-3H;1,3H;;;;/q;;;;;;;;2*+1;;-1/p-1. The van der Waals surface area contributed by atoms with Gasteiger partial charge in [0.05, 0.1) is 5.69 Å². The first-order chi connectivity index (χ1) is 61.1. The fourth-order valence-electron chi connectivity index (χ4n) is 13.6. The number of aromatic nitrogens is 2. The van der Waals surface area contributed by atoms with Crippen LogP contribution in [0.1, 0.15) is 1.43 Å². The minimum absolute atomic E-state index is 0. The maximum atomic E-state index is 9.24. The van der Waals surface area contributed by atoms with Crippen molar-refractivity contribution in [3.8, 4) is 11.3 Å². The van der Waals surface area contributed by atoms with E-state index in [1.807, 2.05) is 66.7 Å². The molecular weight excluding hydrogens is 1850 g/mol. The molecule has 127 heavy (non-hydrogen) atoms. The van der Waals surface area contributed by atoms with Crippen LogP contribution in [0.25, 0.3) is 55.1 Å². The first-order valence-corrected chi connectivity index (χ1v) is 46.2. The van der Waals surface area contributed by atoms with E-state index in [2.05, 4.69) is 391 Å². The summed E-state index contributed by atoms with van der Waals surface area (Å²) in [6.07, 6.45) is 3.27. The van der Waals surface area contributed by atoms with E-state index in [-0.39, 0.29) is 131 Å². The molecule has 2 N–H and O–H groups in total. The summed E-state index contributed by atoms with van der Waals surface area (Å²) in [7, 11) is -3.29. The van der Waals surface area contributed by atoms with E-state index in [1.165, 1.54) is 63.7 Å². The maximum absolute atomic E-state index is 9.24. The van der Waals surface area contributed by atoms with Crippen molar-refractivity contribution < 1.29 is 158 Å². The number of furan rings is 2. The Morgan fingerprint density at radius 2 is 0.528 bits per heavy atom. The topological polar surface area (TPSA) is 142 Å². The average Bonchev–Trinajstić information content (AvgIpc) is 1.64. The summed E-state index contributed by atoms with van der Waals surface area (Å²) < 4.78 is 11.6. The van der Waals surface area contributed by atoms with Crippen LogP contribution in [0.15, 0.2) is 494 Å². The number of fused-ring (bicyclic) bond motifs is 6. The number of pyridine rings is 2. The van der Waals surface area contributed by atoms with Gasteiger partial charge in [-0.05, 0) is 138 Å². The summed E-state index contributed by atoms with van der Waals surface area (Å²) in [5, 5.41) is 49.5. The molecule has 16 aromatic carbocycles. The van der Waals surface area contributed by atoms with Crippen LogP contribution in [0.4, 0.5) is 0 Å². The number of nitrogens with zero attached hydrogens (tertiary/aromatic N) is 2. The molecule has 20 aromatic rings. The third-order valence-corrected chi connectivity index (χ3v) is 29.5. The summed E-state index contributed by atoms with van der Waals surface area (Å²) in [5.74, 6) is 0. The van der Waals surface area contributed by atoms with Gasteiger partial charge in [0.1, 0.15) is 27.5 Å². The molecule has 0 radical (unpaired) electrons. The number of benzene rings is 16. The summed E-state index contributed by atoms with van der Waals surface area (Å²) >= 11 is 17.0. The van der Waals surface area contributed by atoms with Gasteiger partial charge in [0.15, 0.2) is 0 Å². The van der Waals surface area contributed by atoms with Crippen LogP contribution >= 0.6 is 66.5 Å². The van der Waals surface area contributed by atoms with Gasteiger partial charge < -0.3 is 30.5 Å². The van der Waals surface area contributed by atoms with Crippen molar-refractivity contribution in [3.05, 3.63) is 501 Å². The zero-order valence-electron chi connectivity index (χ0n) is 70.4. The molecule has 0 amide bonds. The van der Waals surface area contributed by atoms with Crippen LogP contribution in [-0.2, 0) is 30.1 Å². The Morgan fingerprint density at radius 1 is 0.299 bits per heavy atom. The van der Waals surface area contributed by atoms with Crippen molar-refractivity contribution >= 4 is 193 Å². The van der Waals surface area contributed by atoms with E-state index in [0.717, 1.165) is 49.6 Å². The van der Waals surface area contributed by atoms with Crippen molar-refractivity contribution in [2.75, 3.05) is 0 Å². The van der Waals surface area contributed by atoms with E-state index in [1.54, 1.807) is 42.7 Å².